The van der Waals surface area contributed by atoms with Crippen LogP contribution in [0.4, 0.5) is 0 Å². The fraction of sp³-hybridized carbons (Fsp3) is 0.294. The molecule has 0 N–H and O–H groups in total. The molecule has 11 heteroatoms. The molecular weight excluding hydrogens is 427 g/mol. The van der Waals surface area contributed by atoms with Crippen molar-refractivity contribution in [3.05, 3.63) is 56.7 Å². The summed E-state index contributed by atoms with van der Waals surface area (Å²) in [6.07, 6.45) is 3.04. The molecule has 1 aliphatic heterocycles. The summed E-state index contributed by atoms with van der Waals surface area (Å²) in [6, 6.07) is 4.16. The van der Waals surface area contributed by atoms with E-state index in [4.69, 9.17) is 23.2 Å². The van der Waals surface area contributed by atoms with Gasteiger partial charge in [0.1, 0.15) is 11.7 Å². The zero-order valence-electron chi connectivity index (χ0n) is 14.4. The minimum absolute atomic E-state index is 0.0257. The number of carbonyl (C=O) groups excluding carboxylic acids is 1. The Balaban J connectivity index is 1.66. The van der Waals surface area contributed by atoms with E-state index in [1.54, 1.807) is 6.07 Å². The molecule has 0 spiro atoms. The van der Waals surface area contributed by atoms with Crippen molar-refractivity contribution in [3.63, 3.8) is 0 Å². The number of hydrogen-bond donors (Lipinski definition) is 0. The lowest BCUT2D eigenvalue weighted by atomic mass is 10.1. The highest BCUT2D eigenvalue weighted by molar-refractivity contribution is 7.91. The molecule has 1 saturated heterocycles. The predicted octanol–water partition coefficient (Wildman–Crippen LogP) is 2.14. The van der Waals surface area contributed by atoms with Gasteiger partial charge in [0.25, 0.3) is 5.56 Å². The summed E-state index contributed by atoms with van der Waals surface area (Å²) >= 11 is 11.9. The average Bonchev–Trinajstić information content (AvgIpc) is 3.20. The first-order valence-corrected chi connectivity index (χ1v) is 10.9. The number of Topliss-reactive ketones (excluding diaryl/α,β-unsaturated/α-hetero) is 1. The Hall–Kier alpha value is -2.23. The van der Waals surface area contributed by atoms with E-state index < -0.39 is 15.4 Å². The molecule has 0 radical (unpaired) electrons. The Morgan fingerprint density at radius 2 is 2.07 bits per heavy atom. The number of nitrogens with zero attached hydrogens (tertiary/aromatic N) is 4. The first-order valence-electron chi connectivity index (χ1n) is 8.36. The maximum atomic E-state index is 12.7. The zero-order chi connectivity index (χ0) is 20.1. The summed E-state index contributed by atoms with van der Waals surface area (Å²) in [6.45, 7) is -0.244. The van der Waals surface area contributed by atoms with Gasteiger partial charge in [0, 0.05) is 10.6 Å². The number of hydrogen-bond acceptors (Lipinski definition) is 6. The van der Waals surface area contributed by atoms with Gasteiger partial charge in [0.05, 0.1) is 35.3 Å². The van der Waals surface area contributed by atoms with Crippen LogP contribution >= 0.6 is 23.2 Å². The fourth-order valence-corrected chi connectivity index (χ4v) is 5.48. The van der Waals surface area contributed by atoms with Crippen LogP contribution in [0, 0.1) is 0 Å². The summed E-state index contributed by atoms with van der Waals surface area (Å²) in [4.78, 5) is 29.5. The van der Waals surface area contributed by atoms with E-state index >= 15 is 0 Å². The standard InChI is InChI=1S/C17H14Cl2N4O4S/c18-10-1-2-12(14(19)5-10)15(24)7-22-9-20-16-13(17(22)25)6-21-23(16)11-3-4-28(26,27)8-11/h1-2,5-6,9,11H,3-4,7-8H2. The first-order chi connectivity index (χ1) is 13.2. The lowest BCUT2D eigenvalue weighted by Gasteiger charge is -2.10. The maximum absolute atomic E-state index is 12.7. The van der Waals surface area contributed by atoms with E-state index in [2.05, 4.69) is 10.1 Å². The molecule has 28 heavy (non-hydrogen) atoms. The van der Waals surface area contributed by atoms with E-state index in [0.717, 1.165) is 0 Å². The number of carbonyl (C=O) groups is 1. The molecule has 0 amide bonds. The number of benzene rings is 1. The van der Waals surface area contributed by atoms with Crippen LogP contribution in [0.25, 0.3) is 11.0 Å². The van der Waals surface area contributed by atoms with Gasteiger partial charge < -0.3 is 0 Å². The van der Waals surface area contributed by atoms with Crippen molar-refractivity contribution in [2.75, 3.05) is 11.5 Å². The summed E-state index contributed by atoms with van der Waals surface area (Å²) in [5, 5.41) is 4.99. The van der Waals surface area contributed by atoms with Crippen molar-refractivity contribution >= 4 is 49.9 Å². The number of sulfone groups is 1. The molecule has 0 saturated carbocycles. The van der Waals surface area contributed by atoms with Crippen LogP contribution in [0.15, 0.2) is 35.5 Å². The van der Waals surface area contributed by atoms with Crippen LogP contribution in [0.1, 0.15) is 22.8 Å². The van der Waals surface area contributed by atoms with Crippen molar-refractivity contribution in [2.24, 2.45) is 0 Å². The smallest absolute Gasteiger partial charge is 0.264 e. The summed E-state index contributed by atoms with van der Waals surface area (Å²) < 4.78 is 26.1. The number of fused-ring (bicyclic) bond motifs is 1. The molecule has 3 aromatic rings. The van der Waals surface area contributed by atoms with Gasteiger partial charge in [-0.3, -0.25) is 14.2 Å². The molecular formula is C17H14Cl2N4O4S. The average molecular weight is 441 g/mol. The monoisotopic (exact) mass is 440 g/mol. The van der Waals surface area contributed by atoms with E-state index in [1.807, 2.05) is 0 Å². The Morgan fingerprint density at radius 1 is 1.29 bits per heavy atom. The van der Waals surface area contributed by atoms with Gasteiger partial charge in [-0.15, -0.1) is 0 Å². The van der Waals surface area contributed by atoms with Gasteiger partial charge in [-0.05, 0) is 24.6 Å². The minimum Gasteiger partial charge on any atom is -0.292 e. The highest BCUT2D eigenvalue weighted by atomic mass is 35.5. The molecule has 3 heterocycles. The summed E-state index contributed by atoms with van der Waals surface area (Å²) in [5.41, 5.74) is 0.126. The number of halogens is 2. The van der Waals surface area contributed by atoms with E-state index in [9.17, 15) is 18.0 Å². The summed E-state index contributed by atoms with van der Waals surface area (Å²) in [5.74, 6) is -0.298. The van der Waals surface area contributed by atoms with Gasteiger partial charge in [-0.25, -0.2) is 18.1 Å². The van der Waals surface area contributed by atoms with Gasteiger partial charge in [0.15, 0.2) is 21.3 Å². The molecule has 1 aromatic carbocycles. The number of rotatable bonds is 4. The third kappa shape index (κ3) is 3.45. The van der Waals surface area contributed by atoms with Crippen LogP contribution in [0.3, 0.4) is 0 Å². The topological polar surface area (TPSA) is 104 Å². The molecule has 8 nitrogen and oxygen atoms in total. The summed E-state index contributed by atoms with van der Waals surface area (Å²) in [7, 11) is -3.10. The van der Waals surface area contributed by atoms with Crippen LogP contribution < -0.4 is 5.56 Å². The minimum atomic E-state index is -3.10. The van der Waals surface area contributed by atoms with Gasteiger partial charge in [-0.1, -0.05) is 23.2 Å². The molecule has 146 valence electrons. The van der Waals surface area contributed by atoms with Crippen LogP contribution in [-0.2, 0) is 16.4 Å². The second kappa shape index (κ2) is 6.98. The molecule has 1 atom stereocenters. The SMILES string of the molecule is O=C(Cn1cnc2c(cnn2C2CCS(=O)(=O)C2)c1=O)c1ccc(Cl)cc1Cl. The lowest BCUT2D eigenvalue weighted by Crippen LogP contribution is -2.25. The molecule has 1 unspecified atom stereocenters. The molecule has 0 aliphatic carbocycles. The highest BCUT2D eigenvalue weighted by Gasteiger charge is 2.31. The van der Waals surface area contributed by atoms with Gasteiger partial charge in [0.2, 0.25) is 0 Å². The second-order valence-electron chi connectivity index (χ2n) is 6.61. The Morgan fingerprint density at radius 3 is 2.75 bits per heavy atom. The zero-order valence-corrected chi connectivity index (χ0v) is 16.7. The predicted molar refractivity (Wildman–Crippen MR) is 105 cm³/mol. The molecule has 0 bridgehead atoms. The van der Waals surface area contributed by atoms with Crippen molar-refractivity contribution < 1.29 is 13.2 Å². The van der Waals surface area contributed by atoms with Crippen molar-refractivity contribution in [2.45, 2.75) is 19.0 Å². The quantitative estimate of drug-likeness (QED) is 0.575. The largest absolute Gasteiger partial charge is 0.292 e. The maximum Gasteiger partial charge on any atom is 0.264 e. The lowest BCUT2D eigenvalue weighted by molar-refractivity contribution is 0.0970. The fourth-order valence-electron chi connectivity index (χ4n) is 3.27. The highest BCUT2D eigenvalue weighted by Crippen LogP contribution is 2.25. The van der Waals surface area contributed by atoms with Crippen molar-refractivity contribution in [3.8, 4) is 0 Å². The van der Waals surface area contributed by atoms with Crippen molar-refractivity contribution in [1.82, 2.24) is 19.3 Å². The third-order valence-corrected chi connectivity index (χ3v) is 6.98. The Kier molecular flexibility index (Phi) is 4.76. The second-order valence-corrected chi connectivity index (χ2v) is 9.68. The molecule has 1 fully saturated rings. The number of ketones is 1. The number of aromatic nitrogens is 4. The molecule has 1 aliphatic rings. The van der Waals surface area contributed by atoms with Crippen molar-refractivity contribution in [1.29, 1.82) is 0 Å². The van der Waals surface area contributed by atoms with Crippen LogP contribution in [0.5, 0.6) is 0 Å². The first kappa shape index (κ1) is 19.1. The van der Waals surface area contributed by atoms with Gasteiger partial charge in [-0.2, -0.15) is 5.10 Å². The van der Waals surface area contributed by atoms with Crippen LogP contribution in [0.2, 0.25) is 10.0 Å². The third-order valence-electron chi connectivity index (χ3n) is 4.68. The van der Waals surface area contributed by atoms with E-state index in [1.165, 1.54) is 33.9 Å². The normalized spacial score (nSPS) is 18.6. The van der Waals surface area contributed by atoms with E-state index in [-0.39, 0.29) is 45.8 Å². The van der Waals surface area contributed by atoms with Crippen LogP contribution in [-0.4, -0.2) is 45.0 Å². The molecule has 4 rings (SSSR count). The van der Waals surface area contributed by atoms with E-state index in [0.29, 0.717) is 17.1 Å². The molecule has 2 aromatic heterocycles. The van der Waals surface area contributed by atoms with Gasteiger partial charge >= 0.3 is 0 Å². The Labute approximate surface area is 169 Å². The Bertz CT molecular complexity index is 1270.